The molecule has 1 atom stereocenters. The van der Waals surface area contributed by atoms with E-state index < -0.39 is 22.0 Å². The molecule has 0 spiro atoms. The molecule has 0 radical (unpaired) electrons. The van der Waals surface area contributed by atoms with Crippen molar-refractivity contribution < 1.29 is 30.9 Å². The molecule has 1 N–H and O–H groups in total. The fourth-order valence-electron chi connectivity index (χ4n) is 2.95. The summed E-state index contributed by atoms with van der Waals surface area (Å²) in [4.78, 5) is 11.8. The first-order chi connectivity index (χ1) is 13.6. The fourth-order valence-corrected chi connectivity index (χ4v) is 5.89. The molecule has 1 saturated heterocycles. The maximum Gasteiger partial charge on any atom is 0.452 e. The molecule has 7 nitrogen and oxygen atoms in total. The van der Waals surface area contributed by atoms with E-state index in [1.807, 2.05) is 0 Å². The molecule has 0 bridgehead atoms. The van der Waals surface area contributed by atoms with Crippen molar-refractivity contribution in [1.82, 2.24) is 14.8 Å². The molecule has 12 heteroatoms. The lowest BCUT2D eigenvalue weighted by Gasteiger charge is -2.23. The molecule has 2 aromatic heterocycles. The first-order valence-electron chi connectivity index (χ1n) is 8.68. The Labute approximate surface area is 169 Å². The predicted molar refractivity (Wildman–Crippen MR) is 99.6 cm³/mol. The fraction of sp³-hybridized carbons (Fsp3) is 0.412. The van der Waals surface area contributed by atoms with Gasteiger partial charge in [-0.3, -0.25) is 4.79 Å². The van der Waals surface area contributed by atoms with Crippen LogP contribution in [0.2, 0.25) is 0 Å². The van der Waals surface area contributed by atoms with Gasteiger partial charge >= 0.3 is 6.18 Å². The summed E-state index contributed by atoms with van der Waals surface area (Å²) in [6.45, 7) is 3.79. The zero-order chi connectivity index (χ0) is 21.2. The number of sulfonamides is 1. The van der Waals surface area contributed by atoms with Gasteiger partial charge in [-0.05, 0) is 31.1 Å². The average molecular weight is 449 g/mol. The molecular weight excluding hydrogens is 431 g/mol. The van der Waals surface area contributed by atoms with Crippen molar-refractivity contribution in [3.63, 3.8) is 0 Å². The van der Waals surface area contributed by atoms with Gasteiger partial charge in [-0.15, -0.1) is 11.3 Å². The topological polar surface area (TPSA) is 92.5 Å². The molecule has 1 fully saturated rings. The Bertz CT molecular complexity index is 998. The maximum atomic E-state index is 13.0. The van der Waals surface area contributed by atoms with E-state index in [9.17, 15) is 26.4 Å². The summed E-state index contributed by atoms with van der Waals surface area (Å²) in [6.07, 6.45) is -1.52. The van der Waals surface area contributed by atoms with Crippen molar-refractivity contribution in [2.75, 3.05) is 13.1 Å². The van der Waals surface area contributed by atoms with Crippen LogP contribution in [0.15, 0.2) is 39.6 Å². The monoisotopic (exact) mass is 449 g/mol. The number of aromatic nitrogens is 1. The van der Waals surface area contributed by atoms with E-state index in [0.717, 1.165) is 29.9 Å². The van der Waals surface area contributed by atoms with E-state index in [-0.39, 0.29) is 39.8 Å². The highest BCUT2D eigenvalue weighted by Crippen LogP contribution is 2.36. The van der Waals surface area contributed by atoms with Gasteiger partial charge in [-0.1, -0.05) is 18.2 Å². The first-order valence-corrected chi connectivity index (χ1v) is 10.9. The lowest BCUT2D eigenvalue weighted by atomic mass is 10.1. The van der Waals surface area contributed by atoms with Crippen molar-refractivity contribution in [2.24, 2.45) is 0 Å². The van der Waals surface area contributed by atoms with Crippen LogP contribution < -0.4 is 5.32 Å². The van der Waals surface area contributed by atoms with Crippen molar-refractivity contribution >= 4 is 27.3 Å². The first kappa shape index (κ1) is 21.5. The van der Waals surface area contributed by atoms with Crippen LogP contribution in [0.4, 0.5) is 13.2 Å². The van der Waals surface area contributed by atoms with Crippen LogP contribution in [-0.2, 0) is 21.0 Å². The van der Waals surface area contributed by atoms with Crippen molar-refractivity contribution in [2.45, 2.75) is 35.7 Å². The minimum atomic E-state index is -4.67. The minimum Gasteiger partial charge on any atom is -0.351 e. The Morgan fingerprint density at radius 2 is 2.14 bits per heavy atom. The number of amides is 1. The van der Waals surface area contributed by atoms with Gasteiger partial charge in [0.1, 0.15) is 9.90 Å². The van der Waals surface area contributed by atoms with Gasteiger partial charge in [0.2, 0.25) is 11.7 Å². The van der Waals surface area contributed by atoms with Crippen molar-refractivity contribution in [3.8, 4) is 10.6 Å². The van der Waals surface area contributed by atoms with Gasteiger partial charge < -0.3 is 9.84 Å². The Kier molecular flexibility index (Phi) is 6.15. The molecule has 158 valence electrons. The summed E-state index contributed by atoms with van der Waals surface area (Å²) < 4.78 is 69.7. The molecule has 3 heterocycles. The zero-order valence-electron chi connectivity index (χ0n) is 15.1. The molecule has 1 aliphatic rings. The number of nitrogens with one attached hydrogen (secondary N) is 1. The molecule has 1 unspecified atom stereocenters. The van der Waals surface area contributed by atoms with E-state index in [0.29, 0.717) is 12.8 Å². The maximum absolute atomic E-state index is 13.0. The van der Waals surface area contributed by atoms with Crippen LogP contribution in [-0.4, -0.2) is 42.9 Å². The summed E-state index contributed by atoms with van der Waals surface area (Å²) >= 11 is 0.814. The summed E-state index contributed by atoms with van der Waals surface area (Å²) in [6, 6.07) is 3.11. The lowest BCUT2D eigenvalue weighted by Crippen LogP contribution is -2.44. The Balaban J connectivity index is 1.81. The standard InChI is InChI=1S/C17H18F3N3O4S2/c1-2-15(24)21-11-5-3-4-8-23(10-11)29(25,26)16-7-6-13(28-16)12-9-14(27-22-12)17(18,19)20/h2,6-7,9,11H,1,3-5,8,10H2,(H,21,24). The van der Waals surface area contributed by atoms with Crippen molar-refractivity contribution in [3.05, 3.63) is 36.6 Å². The normalized spacial score (nSPS) is 18.9. The van der Waals surface area contributed by atoms with Crippen LogP contribution in [0.5, 0.6) is 0 Å². The van der Waals surface area contributed by atoms with Crippen LogP contribution in [0.25, 0.3) is 10.6 Å². The number of hydrogen-bond acceptors (Lipinski definition) is 6. The summed E-state index contributed by atoms with van der Waals surface area (Å²) in [7, 11) is -3.88. The zero-order valence-corrected chi connectivity index (χ0v) is 16.7. The van der Waals surface area contributed by atoms with E-state index in [1.165, 1.54) is 16.4 Å². The molecule has 0 saturated carbocycles. The number of carbonyl (C=O) groups is 1. The number of hydrogen-bond donors (Lipinski definition) is 1. The van der Waals surface area contributed by atoms with Crippen LogP contribution in [0.3, 0.4) is 0 Å². The second kappa shape index (κ2) is 8.28. The third kappa shape index (κ3) is 4.87. The van der Waals surface area contributed by atoms with Crippen LogP contribution >= 0.6 is 11.3 Å². The minimum absolute atomic E-state index is 0.0141. The summed E-state index contributed by atoms with van der Waals surface area (Å²) in [5, 5.41) is 6.10. The quantitative estimate of drug-likeness (QED) is 0.708. The second-order valence-electron chi connectivity index (χ2n) is 6.46. The number of nitrogens with zero attached hydrogens (tertiary/aromatic N) is 2. The van der Waals surface area contributed by atoms with Gasteiger partial charge in [-0.2, -0.15) is 17.5 Å². The SMILES string of the molecule is C=CC(=O)NC1CCCCN(S(=O)(=O)c2ccc(-c3cc(C(F)(F)F)on3)s2)C1. The molecule has 0 aromatic carbocycles. The van der Waals surface area contributed by atoms with Gasteiger partial charge in [-0.25, -0.2) is 8.42 Å². The highest BCUT2D eigenvalue weighted by Gasteiger charge is 2.36. The highest BCUT2D eigenvalue weighted by molar-refractivity contribution is 7.91. The highest BCUT2D eigenvalue weighted by atomic mass is 32.2. The van der Waals surface area contributed by atoms with Crippen LogP contribution in [0, 0.1) is 0 Å². The van der Waals surface area contributed by atoms with Gasteiger partial charge in [0.05, 0.1) is 4.88 Å². The Hall–Kier alpha value is -2.18. The smallest absolute Gasteiger partial charge is 0.351 e. The largest absolute Gasteiger partial charge is 0.452 e. The number of halogens is 3. The summed E-state index contributed by atoms with van der Waals surface area (Å²) in [5.41, 5.74) is -0.0873. The third-order valence-corrected chi connectivity index (χ3v) is 7.82. The molecule has 2 aromatic rings. The van der Waals surface area contributed by atoms with E-state index in [4.69, 9.17) is 0 Å². The van der Waals surface area contributed by atoms with E-state index in [1.54, 1.807) is 0 Å². The number of alkyl halides is 3. The third-order valence-electron chi connectivity index (χ3n) is 4.38. The Morgan fingerprint density at radius 1 is 1.38 bits per heavy atom. The van der Waals surface area contributed by atoms with Gasteiger partial charge in [0.15, 0.2) is 0 Å². The van der Waals surface area contributed by atoms with Crippen LogP contribution in [0.1, 0.15) is 25.0 Å². The molecule has 1 amide bonds. The van der Waals surface area contributed by atoms with Gasteiger partial charge in [0, 0.05) is 25.2 Å². The Morgan fingerprint density at radius 3 is 2.79 bits per heavy atom. The molecule has 3 rings (SSSR count). The number of carbonyl (C=O) groups excluding carboxylic acids is 1. The molecule has 1 aliphatic heterocycles. The molecule has 0 aliphatic carbocycles. The van der Waals surface area contributed by atoms with E-state index >= 15 is 0 Å². The van der Waals surface area contributed by atoms with Crippen molar-refractivity contribution in [1.29, 1.82) is 0 Å². The number of rotatable bonds is 5. The molecular formula is C17H18F3N3O4S2. The van der Waals surface area contributed by atoms with Gasteiger partial charge in [0.25, 0.3) is 10.0 Å². The number of thiophene rings is 1. The lowest BCUT2D eigenvalue weighted by molar-refractivity contribution is -0.155. The second-order valence-corrected chi connectivity index (χ2v) is 9.71. The van der Waals surface area contributed by atoms with E-state index in [2.05, 4.69) is 21.6 Å². The summed E-state index contributed by atoms with van der Waals surface area (Å²) in [5.74, 6) is -1.63. The average Bonchev–Trinajstić information content (AvgIpc) is 3.27. The molecule has 29 heavy (non-hydrogen) atoms. The predicted octanol–water partition coefficient (Wildman–Crippen LogP) is 3.27.